The zero-order chi connectivity index (χ0) is 12.1. The van der Waals surface area contributed by atoms with E-state index in [1.165, 1.54) is 0 Å². The molecule has 0 aromatic heterocycles. The highest BCUT2D eigenvalue weighted by Crippen LogP contribution is 2.35. The highest BCUT2D eigenvalue weighted by atomic mass is 32.2. The van der Waals surface area contributed by atoms with Crippen LogP contribution >= 0.6 is 0 Å². The molecule has 0 aromatic carbocycles. The van der Waals surface area contributed by atoms with Gasteiger partial charge in [-0.1, -0.05) is 43.5 Å². The van der Waals surface area contributed by atoms with Crippen molar-refractivity contribution in [1.29, 1.82) is 0 Å². The monoisotopic (exact) mass is 232 g/mol. The summed E-state index contributed by atoms with van der Waals surface area (Å²) >= 11 is 0. The van der Waals surface area contributed by atoms with Crippen molar-refractivity contribution in [2.24, 2.45) is 0 Å². The fraction of sp³-hybridized carbons (Fsp3) is 0.143. The Morgan fingerprint density at radius 1 is 0.938 bits per heavy atom. The maximum atomic E-state index is 12.2. The second kappa shape index (κ2) is 5.61. The number of rotatable bonds is 4. The Hall–Kier alpha value is -1.41. The molecule has 2 heteroatoms. The van der Waals surface area contributed by atoms with Gasteiger partial charge in [0.2, 0.25) is 0 Å². The van der Waals surface area contributed by atoms with E-state index in [1.807, 2.05) is 38.2 Å². The van der Waals surface area contributed by atoms with Gasteiger partial charge in [0.15, 0.2) is 0 Å². The second-order valence-electron chi connectivity index (χ2n) is 3.23. The molecular formula is C14H16OS. The lowest BCUT2D eigenvalue weighted by Gasteiger charge is -1.98. The van der Waals surface area contributed by atoms with E-state index in [-0.39, 0.29) is 0 Å². The van der Waals surface area contributed by atoms with Crippen molar-refractivity contribution < 1.29 is 4.21 Å². The summed E-state index contributed by atoms with van der Waals surface area (Å²) in [4.78, 5) is 1.57. The van der Waals surface area contributed by atoms with Crippen molar-refractivity contribution in [2.45, 2.75) is 13.8 Å². The first-order valence-electron chi connectivity index (χ1n) is 5.12. The standard InChI is InChI=1S/C14H16OS/c1-5-9-12-11(7-3)14(10-6-2)16(15)13(12)8-4/h5-10H,3-4H2,1-2H3/b9-5-,10-6-. The molecule has 1 atom stereocenters. The van der Waals surface area contributed by atoms with E-state index in [9.17, 15) is 4.21 Å². The largest absolute Gasteiger partial charge is 0.249 e. The summed E-state index contributed by atoms with van der Waals surface area (Å²) in [7, 11) is -1.13. The van der Waals surface area contributed by atoms with Crippen molar-refractivity contribution in [3.05, 3.63) is 70.6 Å². The first-order chi connectivity index (χ1) is 7.71. The fourth-order valence-corrected chi connectivity index (χ4v) is 3.04. The summed E-state index contributed by atoms with van der Waals surface area (Å²) in [6, 6.07) is 0. The van der Waals surface area contributed by atoms with Crippen LogP contribution in [-0.2, 0) is 10.8 Å². The molecule has 0 aliphatic carbocycles. The highest BCUT2D eigenvalue weighted by Gasteiger charge is 2.24. The van der Waals surface area contributed by atoms with Crippen molar-refractivity contribution >= 4 is 10.8 Å². The molecule has 1 heterocycles. The van der Waals surface area contributed by atoms with Gasteiger partial charge in [-0.05, 0) is 31.1 Å². The number of hydrogen-bond donors (Lipinski definition) is 0. The minimum atomic E-state index is -1.13. The molecule has 0 aromatic rings. The maximum absolute atomic E-state index is 12.2. The number of hydrogen-bond acceptors (Lipinski definition) is 1. The van der Waals surface area contributed by atoms with Crippen LogP contribution in [0.2, 0.25) is 0 Å². The van der Waals surface area contributed by atoms with Crippen LogP contribution in [0.1, 0.15) is 13.8 Å². The average molecular weight is 232 g/mol. The van der Waals surface area contributed by atoms with Gasteiger partial charge in [-0.25, -0.2) is 4.21 Å². The van der Waals surface area contributed by atoms with Crippen LogP contribution in [0.5, 0.6) is 0 Å². The number of allylic oxidation sites excluding steroid dienone is 8. The molecule has 84 valence electrons. The van der Waals surface area contributed by atoms with Gasteiger partial charge < -0.3 is 0 Å². The van der Waals surface area contributed by atoms with Gasteiger partial charge in [0.1, 0.15) is 0 Å². The molecular weight excluding hydrogens is 216 g/mol. The molecule has 0 amide bonds. The van der Waals surface area contributed by atoms with E-state index in [0.29, 0.717) is 0 Å². The Kier molecular flexibility index (Phi) is 4.44. The molecule has 0 bridgehead atoms. The van der Waals surface area contributed by atoms with E-state index < -0.39 is 10.8 Å². The molecule has 0 saturated carbocycles. The van der Waals surface area contributed by atoms with Crippen LogP contribution in [0.25, 0.3) is 0 Å². The van der Waals surface area contributed by atoms with Crippen molar-refractivity contribution in [2.75, 3.05) is 0 Å². The van der Waals surface area contributed by atoms with Crippen LogP contribution in [0.4, 0.5) is 0 Å². The Morgan fingerprint density at radius 2 is 1.56 bits per heavy atom. The first kappa shape index (κ1) is 12.7. The first-order valence-corrected chi connectivity index (χ1v) is 6.27. The van der Waals surface area contributed by atoms with Crippen LogP contribution in [-0.4, -0.2) is 4.21 Å². The molecule has 1 rings (SSSR count). The van der Waals surface area contributed by atoms with Crippen molar-refractivity contribution in [3.8, 4) is 0 Å². The molecule has 1 aliphatic heterocycles. The van der Waals surface area contributed by atoms with E-state index in [1.54, 1.807) is 12.2 Å². The van der Waals surface area contributed by atoms with Gasteiger partial charge in [-0.3, -0.25) is 0 Å². The molecule has 0 fully saturated rings. The van der Waals surface area contributed by atoms with E-state index in [4.69, 9.17) is 0 Å². The minimum absolute atomic E-state index is 0.765. The van der Waals surface area contributed by atoms with E-state index in [2.05, 4.69) is 13.2 Å². The lowest BCUT2D eigenvalue weighted by atomic mass is 10.0. The highest BCUT2D eigenvalue weighted by molar-refractivity contribution is 7.93. The normalized spacial score (nSPS) is 21.5. The van der Waals surface area contributed by atoms with E-state index >= 15 is 0 Å². The molecule has 1 unspecified atom stereocenters. The summed E-state index contributed by atoms with van der Waals surface area (Å²) in [6.45, 7) is 11.3. The van der Waals surface area contributed by atoms with E-state index in [0.717, 1.165) is 21.0 Å². The Labute approximate surface area is 99.7 Å². The van der Waals surface area contributed by atoms with Gasteiger partial charge in [-0.2, -0.15) is 0 Å². The van der Waals surface area contributed by atoms with Gasteiger partial charge in [0.05, 0.1) is 20.6 Å². The zero-order valence-corrected chi connectivity index (χ0v) is 10.5. The average Bonchev–Trinajstić information content (AvgIpc) is 2.53. The molecule has 1 nitrogen and oxygen atoms in total. The predicted molar refractivity (Wildman–Crippen MR) is 72.2 cm³/mol. The van der Waals surface area contributed by atoms with Crippen molar-refractivity contribution in [3.63, 3.8) is 0 Å². The topological polar surface area (TPSA) is 17.1 Å². The zero-order valence-electron chi connectivity index (χ0n) is 9.69. The minimum Gasteiger partial charge on any atom is -0.249 e. The third-order valence-electron chi connectivity index (χ3n) is 2.26. The SMILES string of the molecule is C=CC1=C(/C=C\C)S(=O)C(C=C)=C1/C=C\C. The molecule has 0 N–H and O–H groups in total. The van der Waals surface area contributed by atoms with Crippen LogP contribution in [0, 0.1) is 0 Å². The third kappa shape index (κ3) is 2.07. The predicted octanol–water partition coefficient (Wildman–Crippen LogP) is 3.78. The van der Waals surface area contributed by atoms with Gasteiger partial charge in [0.25, 0.3) is 0 Å². The van der Waals surface area contributed by atoms with Crippen molar-refractivity contribution in [1.82, 2.24) is 0 Å². The van der Waals surface area contributed by atoms with Gasteiger partial charge in [0, 0.05) is 0 Å². The summed E-state index contributed by atoms with van der Waals surface area (Å²) in [6.07, 6.45) is 11.0. The second-order valence-corrected chi connectivity index (χ2v) is 4.65. The Balaban J connectivity index is 3.46. The third-order valence-corrected chi connectivity index (χ3v) is 3.80. The van der Waals surface area contributed by atoms with Crippen LogP contribution in [0.3, 0.4) is 0 Å². The fourth-order valence-electron chi connectivity index (χ4n) is 1.62. The molecule has 0 saturated heterocycles. The summed E-state index contributed by atoms with van der Waals surface area (Å²) in [5, 5.41) is 0. The molecule has 16 heavy (non-hydrogen) atoms. The quantitative estimate of drug-likeness (QED) is 0.721. The Bertz CT molecular complexity index is 459. The smallest absolute Gasteiger partial charge is 0.0861 e. The van der Waals surface area contributed by atoms with Crippen LogP contribution in [0.15, 0.2) is 70.6 Å². The Morgan fingerprint density at radius 3 is 2.00 bits per heavy atom. The van der Waals surface area contributed by atoms with Crippen LogP contribution < -0.4 is 0 Å². The summed E-state index contributed by atoms with van der Waals surface area (Å²) in [5.41, 5.74) is 1.89. The lowest BCUT2D eigenvalue weighted by Crippen LogP contribution is -1.89. The maximum Gasteiger partial charge on any atom is 0.0861 e. The van der Waals surface area contributed by atoms with Gasteiger partial charge in [-0.15, -0.1) is 0 Å². The van der Waals surface area contributed by atoms with Gasteiger partial charge >= 0.3 is 0 Å². The molecule has 0 spiro atoms. The molecule has 1 aliphatic rings. The summed E-state index contributed by atoms with van der Waals surface area (Å²) in [5.74, 6) is 0. The summed E-state index contributed by atoms with van der Waals surface area (Å²) < 4.78 is 12.2. The lowest BCUT2D eigenvalue weighted by molar-refractivity contribution is 0.691. The molecule has 0 radical (unpaired) electrons.